The number of rotatable bonds is 4. The van der Waals surface area contributed by atoms with Crippen LogP contribution in [-0.4, -0.2) is 34.5 Å². The van der Waals surface area contributed by atoms with Gasteiger partial charge in [0.1, 0.15) is 6.10 Å². The molecule has 0 aromatic rings. The molecule has 0 bridgehead atoms. The van der Waals surface area contributed by atoms with E-state index in [-0.39, 0.29) is 12.1 Å². The van der Waals surface area contributed by atoms with Crippen molar-refractivity contribution < 1.29 is 19.7 Å². The Labute approximate surface area is 181 Å². The molecule has 166 valence electrons. The first-order valence-electron chi connectivity index (χ1n) is 11.9. The van der Waals surface area contributed by atoms with Crippen LogP contribution in [0, 0.1) is 23.2 Å². The molecule has 0 aromatic carbocycles. The fraction of sp³-hybridized carbons (Fsp3) is 0.731. The van der Waals surface area contributed by atoms with E-state index in [1.165, 1.54) is 31.3 Å². The molecule has 1 heterocycles. The molecule has 0 amide bonds. The van der Waals surface area contributed by atoms with Crippen molar-refractivity contribution in [1.29, 1.82) is 0 Å². The van der Waals surface area contributed by atoms with E-state index in [0.29, 0.717) is 42.4 Å². The lowest BCUT2D eigenvalue weighted by Crippen LogP contribution is -2.36. The second-order valence-electron chi connectivity index (χ2n) is 10.5. The highest BCUT2D eigenvalue weighted by atomic mass is 16.5. The van der Waals surface area contributed by atoms with Crippen LogP contribution in [0.2, 0.25) is 0 Å². The number of aliphatic hydroxyl groups excluding tert-OH is 2. The summed E-state index contributed by atoms with van der Waals surface area (Å²) in [5.74, 6) is 1.81. The Bertz CT molecular complexity index is 750. The maximum Gasteiger partial charge on any atom is 0.306 e. The lowest BCUT2D eigenvalue weighted by Gasteiger charge is -2.44. The third kappa shape index (κ3) is 4.18. The molecule has 4 nitrogen and oxygen atoms in total. The maximum atomic E-state index is 11.5. The van der Waals surface area contributed by atoms with Crippen LogP contribution in [0.25, 0.3) is 0 Å². The first-order valence-corrected chi connectivity index (χ1v) is 11.9. The second kappa shape index (κ2) is 8.63. The molecular weight excluding hydrogens is 376 g/mol. The summed E-state index contributed by atoms with van der Waals surface area (Å²) in [6.07, 6.45) is 13.0. The van der Waals surface area contributed by atoms with Gasteiger partial charge in [-0.05, 0) is 85.7 Å². The number of hydrogen-bond acceptors (Lipinski definition) is 4. The molecule has 7 atom stereocenters. The minimum absolute atomic E-state index is 0.0295. The van der Waals surface area contributed by atoms with E-state index in [0.717, 1.165) is 30.4 Å². The summed E-state index contributed by atoms with van der Waals surface area (Å²) < 4.78 is 5.51. The lowest BCUT2D eigenvalue weighted by atomic mass is 9.60. The molecule has 4 heteroatoms. The molecule has 0 spiro atoms. The van der Waals surface area contributed by atoms with Crippen LogP contribution in [0.1, 0.15) is 78.1 Å². The molecule has 2 N–H and O–H groups in total. The topological polar surface area (TPSA) is 66.8 Å². The summed E-state index contributed by atoms with van der Waals surface area (Å²) in [5, 5.41) is 20.2. The summed E-state index contributed by atoms with van der Waals surface area (Å²) in [6.45, 7) is 8.90. The first kappa shape index (κ1) is 21.8. The van der Waals surface area contributed by atoms with Crippen molar-refractivity contribution in [3.63, 3.8) is 0 Å². The Morgan fingerprint density at radius 1 is 1.23 bits per heavy atom. The first-order chi connectivity index (χ1) is 14.3. The van der Waals surface area contributed by atoms with Gasteiger partial charge in [0, 0.05) is 12.8 Å². The average Bonchev–Trinajstić information content (AvgIpc) is 3.25. The van der Waals surface area contributed by atoms with Gasteiger partial charge in [-0.1, -0.05) is 38.2 Å². The van der Waals surface area contributed by atoms with E-state index in [9.17, 15) is 15.0 Å². The van der Waals surface area contributed by atoms with Crippen LogP contribution in [0.3, 0.4) is 0 Å². The molecule has 0 aromatic heterocycles. The minimum Gasteiger partial charge on any atom is -0.462 e. The van der Waals surface area contributed by atoms with Crippen molar-refractivity contribution in [1.82, 2.24) is 0 Å². The van der Waals surface area contributed by atoms with Gasteiger partial charge in [-0.2, -0.15) is 0 Å². The summed E-state index contributed by atoms with van der Waals surface area (Å²) in [4.78, 5) is 11.5. The fourth-order valence-corrected chi connectivity index (χ4v) is 7.01. The van der Waals surface area contributed by atoms with E-state index in [2.05, 4.69) is 32.6 Å². The highest BCUT2D eigenvalue weighted by molar-refractivity contribution is 5.71. The van der Waals surface area contributed by atoms with Crippen LogP contribution in [0.15, 0.2) is 35.5 Å². The van der Waals surface area contributed by atoms with Gasteiger partial charge >= 0.3 is 5.97 Å². The van der Waals surface area contributed by atoms with Crippen LogP contribution < -0.4 is 0 Å². The van der Waals surface area contributed by atoms with Gasteiger partial charge in [-0.3, -0.25) is 4.79 Å². The number of aliphatic hydroxyl groups is 2. The molecule has 4 aliphatic rings. The highest BCUT2D eigenvalue weighted by Crippen LogP contribution is 2.60. The predicted octanol–water partition coefficient (Wildman–Crippen LogP) is 4.86. The van der Waals surface area contributed by atoms with Crippen molar-refractivity contribution in [2.75, 3.05) is 0 Å². The zero-order chi connectivity index (χ0) is 21.5. The van der Waals surface area contributed by atoms with Crippen molar-refractivity contribution in [3.8, 4) is 0 Å². The van der Waals surface area contributed by atoms with Crippen molar-refractivity contribution in [2.24, 2.45) is 23.2 Å². The van der Waals surface area contributed by atoms with Gasteiger partial charge in [0.05, 0.1) is 12.2 Å². The number of carbonyl (C=O) groups excluding carboxylic acids is 1. The number of fused-ring (bicyclic) bond motifs is 1. The van der Waals surface area contributed by atoms with E-state index < -0.39 is 12.2 Å². The Morgan fingerprint density at radius 2 is 2.03 bits per heavy atom. The molecule has 1 aliphatic heterocycles. The molecular formula is C26H38O4. The number of allylic oxidation sites excluding steroid dienone is 3. The van der Waals surface area contributed by atoms with Gasteiger partial charge in [0.15, 0.2) is 0 Å². The van der Waals surface area contributed by atoms with Crippen LogP contribution in [0.5, 0.6) is 0 Å². The van der Waals surface area contributed by atoms with Crippen LogP contribution in [0.4, 0.5) is 0 Å². The standard InChI is InChI=1S/C26H38O4/c1-16(13-21-8-11-25(29)30-21)22-9-10-23-18(5-4-12-26(22,23)3)6-7-19-14-20(27)15-24(28)17(19)2/h6-7,16,20-24,27-28H,2,4-5,8-15H2,1,3H3/t16-,20-,21?,22-,23?,24+,26-/m1/s1. The van der Waals surface area contributed by atoms with Gasteiger partial charge in [-0.15, -0.1) is 0 Å². The summed E-state index contributed by atoms with van der Waals surface area (Å²) in [6, 6.07) is 0. The molecule has 4 fully saturated rings. The Morgan fingerprint density at radius 3 is 2.77 bits per heavy atom. The Kier molecular flexibility index (Phi) is 6.28. The van der Waals surface area contributed by atoms with E-state index in [4.69, 9.17) is 4.74 Å². The van der Waals surface area contributed by atoms with E-state index >= 15 is 0 Å². The number of cyclic esters (lactones) is 1. The van der Waals surface area contributed by atoms with Crippen molar-refractivity contribution in [2.45, 2.75) is 96.4 Å². The molecule has 1 saturated heterocycles. The zero-order valence-corrected chi connectivity index (χ0v) is 18.6. The molecule has 4 rings (SSSR count). The average molecular weight is 415 g/mol. The van der Waals surface area contributed by atoms with Gasteiger partial charge in [-0.25, -0.2) is 0 Å². The van der Waals surface area contributed by atoms with Crippen molar-refractivity contribution >= 4 is 5.97 Å². The van der Waals surface area contributed by atoms with Gasteiger partial charge in [0.25, 0.3) is 0 Å². The molecule has 0 radical (unpaired) electrons. The number of hydrogen-bond donors (Lipinski definition) is 2. The van der Waals surface area contributed by atoms with E-state index in [1.807, 2.05) is 0 Å². The third-order valence-electron chi connectivity index (χ3n) is 8.59. The third-order valence-corrected chi connectivity index (χ3v) is 8.59. The molecule has 30 heavy (non-hydrogen) atoms. The largest absolute Gasteiger partial charge is 0.462 e. The predicted molar refractivity (Wildman–Crippen MR) is 118 cm³/mol. The molecule has 2 unspecified atom stereocenters. The van der Waals surface area contributed by atoms with Crippen LogP contribution >= 0.6 is 0 Å². The zero-order valence-electron chi connectivity index (χ0n) is 18.6. The Hall–Kier alpha value is -1.39. The molecule has 3 saturated carbocycles. The van der Waals surface area contributed by atoms with E-state index in [1.54, 1.807) is 0 Å². The minimum atomic E-state index is -0.628. The normalized spacial score (nSPS) is 43.1. The van der Waals surface area contributed by atoms with Crippen LogP contribution in [-0.2, 0) is 9.53 Å². The summed E-state index contributed by atoms with van der Waals surface area (Å²) in [7, 11) is 0. The lowest BCUT2D eigenvalue weighted by molar-refractivity contribution is -0.142. The fourth-order valence-electron chi connectivity index (χ4n) is 7.01. The Balaban J connectivity index is 1.48. The smallest absolute Gasteiger partial charge is 0.306 e. The number of carbonyl (C=O) groups is 1. The highest BCUT2D eigenvalue weighted by Gasteiger charge is 2.51. The van der Waals surface area contributed by atoms with Gasteiger partial charge < -0.3 is 14.9 Å². The SMILES string of the molecule is C=C1C(=CC=C2CCC[C@@]3(C)C2CC[C@@H]3[C@H](C)CC2CCC(=O)O2)C[C@@H](O)C[C@@H]1O. The number of ether oxygens (including phenoxy) is 1. The second-order valence-corrected chi connectivity index (χ2v) is 10.5. The summed E-state index contributed by atoms with van der Waals surface area (Å²) in [5.41, 5.74) is 3.60. The summed E-state index contributed by atoms with van der Waals surface area (Å²) >= 11 is 0. The maximum absolute atomic E-state index is 11.5. The van der Waals surface area contributed by atoms with Gasteiger partial charge in [0.2, 0.25) is 0 Å². The monoisotopic (exact) mass is 414 g/mol. The quantitative estimate of drug-likeness (QED) is 0.645. The molecule has 3 aliphatic carbocycles. The number of esters is 1. The van der Waals surface area contributed by atoms with Crippen molar-refractivity contribution in [3.05, 3.63) is 35.5 Å².